The summed E-state index contributed by atoms with van der Waals surface area (Å²) < 4.78 is 0. The van der Waals surface area contributed by atoms with Gasteiger partial charge in [0.25, 0.3) is 11.8 Å². The molecule has 0 unspecified atom stereocenters. The van der Waals surface area contributed by atoms with Gasteiger partial charge in [-0.15, -0.1) is 0 Å². The highest BCUT2D eigenvalue weighted by Crippen LogP contribution is 2.24. The predicted octanol–water partition coefficient (Wildman–Crippen LogP) is 2.03. The third kappa shape index (κ3) is 5.58. The lowest BCUT2D eigenvalue weighted by Crippen LogP contribution is -2.57. The maximum absolute atomic E-state index is 13.0. The zero-order valence-corrected chi connectivity index (χ0v) is 17.9. The fourth-order valence-corrected chi connectivity index (χ4v) is 3.84. The van der Waals surface area contributed by atoms with E-state index in [9.17, 15) is 19.2 Å². The quantitative estimate of drug-likeness (QED) is 0.671. The lowest BCUT2D eigenvalue weighted by atomic mass is 10.1. The van der Waals surface area contributed by atoms with Crippen molar-refractivity contribution in [1.82, 2.24) is 10.6 Å². The summed E-state index contributed by atoms with van der Waals surface area (Å²) in [6, 6.07) is 16.6. The lowest BCUT2D eigenvalue weighted by Gasteiger charge is -2.30. The Balaban J connectivity index is 1.75. The van der Waals surface area contributed by atoms with E-state index in [1.807, 2.05) is 37.3 Å². The highest BCUT2D eigenvalue weighted by Gasteiger charge is 2.39. The number of hydrogen-bond donors (Lipinski definition) is 2. The first-order chi connectivity index (χ1) is 14.9. The first kappa shape index (κ1) is 22.2. The summed E-state index contributed by atoms with van der Waals surface area (Å²) in [4.78, 5) is 54.5. The van der Waals surface area contributed by atoms with Crippen molar-refractivity contribution in [2.75, 3.05) is 10.7 Å². The summed E-state index contributed by atoms with van der Waals surface area (Å²) in [5.74, 6) is -2.21. The van der Waals surface area contributed by atoms with Gasteiger partial charge in [0.05, 0.1) is 17.5 Å². The number of amidine groups is 1. The smallest absolute Gasteiger partial charge is 0.280 e. The summed E-state index contributed by atoms with van der Waals surface area (Å²) in [5, 5.41) is 5.31. The average molecular weight is 439 g/mol. The van der Waals surface area contributed by atoms with Gasteiger partial charge >= 0.3 is 0 Å². The van der Waals surface area contributed by atoms with E-state index in [1.165, 1.54) is 11.8 Å². The van der Waals surface area contributed by atoms with Crippen LogP contribution in [0.3, 0.4) is 0 Å². The standard InChI is InChI=1S/C22H22N4O4S/c1-14(16-9-5-3-6-10-16)23-18(28)13-31-22-25-20(29)19(24-15(2)27)21(30)26(22)17-11-7-4-8-12-17/h3-12,14,19H,13H2,1-2H3,(H,23,28)(H,24,27)/t14-,19-/m0/s1. The molecule has 0 saturated carbocycles. The zero-order chi connectivity index (χ0) is 22.4. The molecular weight excluding hydrogens is 416 g/mol. The molecule has 2 aromatic rings. The molecule has 160 valence electrons. The van der Waals surface area contributed by atoms with E-state index in [0.717, 1.165) is 17.3 Å². The van der Waals surface area contributed by atoms with Crippen molar-refractivity contribution < 1.29 is 19.2 Å². The van der Waals surface area contributed by atoms with Crippen molar-refractivity contribution >= 4 is 46.2 Å². The van der Waals surface area contributed by atoms with Gasteiger partial charge in [0.1, 0.15) is 0 Å². The average Bonchev–Trinajstić information content (AvgIpc) is 2.76. The minimum Gasteiger partial charge on any atom is -0.349 e. The summed E-state index contributed by atoms with van der Waals surface area (Å²) in [5.41, 5.74) is 1.45. The van der Waals surface area contributed by atoms with E-state index in [2.05, 4.69) is 15.6 Å². The van der Waals surface area contributed by atoms with Crippen molar-refractivity contribution in [2.45, 2.75) is 25.9 Å². The molecule has 8 nitrogen and oxygen atoms in total. The van der Waals surface area contributed by atoms with Gasteiger partial charge in [0, 0.05) is 6.92 Å². The van der Waals surface area contributed by atoms with Crippen LogP contribution in [0.25, 0.3) is 0 Å². The normalized spacial score (nSPS) is 17.0. The number of carbonyl (C=O) groups is 4. The molecule has 1 heterocycles. The molecule has 0 aromatic heterocycles. The van der Waals surface area contributed by atoms with E-state index >= 15 is 0 Å². The Morgan fingerprint density at radius 2 is 1.68 bits per heavy atom. The number of nitrogens with zero attached hydrogens (tertiary/aromatic N) is 2. The maximum Gasteiger partial charge on any atom is 0.280 e. The Hall–Kier alpha value is -3.46. The van der Waals surface area contributed by atoms with Gasteiger partial charge < -0.3 is 10.6 Å². The second-order valence-corrected chi connectivity index (χ2v) is 7.81. The van der Waals surface area contributed by atoms with Crippen LogP contribution >= 0.6 is 11.8 Å². The van der Waals surface area contributed by atoms with Gasteiger partial charge in [-0.05, 0) is 24.6 Å². The van der Waals surface area contributed by atoms with Crippen LogP contribution < -0.4 is 15.5 Å². The van der Waals surface area contributed by atoms with E-state index in [4.69, 9.17) is 0 Å². The van der Waals surface area contributed by atoms with Crippen LogP contribution in [0.2, 0.25) is 0 Å². The summed E-state index contributed by atoms with van der Waals surface area (Å²) in [6.45, 7) is 3.09. The van der Waals surface area contributed by atoms with E-state index in [-0.39, 0.29) is 22.9 Å². The van der Waals surface area contributed by atoms with Gasteiger partial charge in [-0.25, -0.2) is 0 Å². The summed E-state index contributed by atoms with van der Waals surface area (Å²) in [6.07, 6.45) is 0. The SMILES string of the molecule is CC(=O)N[C@H]1C(=O)N=C(SCC(=O)N[C@@H](C)c2ccccc2)N(c2ccccc2)C1=O. The van der Waals surface area contributed by atoms with Gasteiger partial charge in [-0.2, -0.15) is 4.99 Å². The molecule has 31 heavy (non-hydrogen) atoms. The summed E-state index contributed by atoms with van der Waals surface area (Å²) in [7, 11) is 0. The molecule has 0 radical (unpaired) electrons. The largest absolute Gasteiger partial charge is 0.349 e. The molecule has 2 atom stereocenters. The number of nitrogens with one attached hydrogen (secondary N) is 2. The van der Waals surface area contributed by atoms with Crippen molar-refractivity contribution in [2.24, 2.45) is 4.99 Å². The fraction of sp³-hybridized carbons (Fsp3) is 0.227. The van der Waals surface area contributed by atoms with Crippen LogP contribution in [-0.2, 0) is 19.2 Å². The number of thioether (sulfide) groups is 1. The second kappa shape index (κ2) is 10.0. The Labute approximate surface area is 184 Å². The Morgan fingerprint density at radius 1 is 1.06 bits per heavy atom. The van der Waals surface area contributed by atoms with Crippen molar-refractivity contribution in [3.63, 3.8) is 0 Å². The molecule has 0 aliphatic carbocycles. The molecule has 9 heteroatoms. The molecule has 0 fully saturated rings. The van der Waals surface area contributed by atoms with Gasteiger partial charge in [-0.1, -0.05) is 60.3 Å². The number of hydrogen-bond acceptors (Lipinski definition) is 5. The molecule has 2 aromatic carbocycles. The third-order valence-corrected chi connectivity index (χ3v) is 5.42. The zero-order valence-electron chi connectivity index (χ0n) is 17.1. The van der Waals surface area contributed by atoms with Crippen LogP contribution in [0.15, 0.2) is 65.7 Å². The molecule has 3 rings (SSSR count). The van der Waals surface area contributed by atoms with Crippen LogP contribution in [0.4, 0.5) is 5.69 Å². The van der Waals surface area contributed by atoms with Crippen LogP contribution in [-0.4, -0.2) is 40.6 Å². The second-order valence-electron chi connectivity index (χ2n) is 6.86. The topological polar surface area (TPSA) is 108 Å². The molecule has 0 saturated heterocycles. The number of carbonyl (C=O) groups excluding carboxylic acids is 4. The van der Waals surface area contributed by atoms with E-state index in [1.54, 1.807) is 30.3 Å². The monoisotopic (exact) mass is 438 g/mol. The highest BCUT2D eigenvalue weighted by molar-refractivity contribution is 8.14. The van der Waals surface area contributed by atoms with Crippen molar-refractivity contribution in [3.8, 4) is 0 Å². The highest BCUT2D eigenvalue weighted by atomic mass is 32.2. The number of rotatable bonds is 6. The molecule has 0 bridgehead atoms. The molecule has 0 spiro atoms. The summed E-state index contributed by atoms with van der Waals surface area (Å²) >= 11 is 0.984. The minimum atomic E-state index is -1.39. The van der Waals surface area contributed by atoms with E-state index in [0.29, 0.717) is 5.69 Å². The number of amides is 4. The molecule has 4 amide bonds. The Kier molecular flexibility index (Phi) is 7.19. The van der Waals surface area contributed by atoms with Crippen LogP contribution in [0.1, 0.15) is 25.5 Å². The first-order valence-electron chi connectivity index (χ1n) is 9.62. The third-order valence-electron chi connectivity index (χ3n) is 4.48. The molecule has 1 aliphatic heterocycles. The van der Waals surface area contributed by atoms with Crippen molar-refractivity contribution in [1.29, 1.82) is 0 Å². The Morgan fingerprint density at radius 3 is 2.29 bits per heavy atom. The minimum absolute atomic E-state index is 0.0370. The van der Waals surface area contributed by atoms with Crippen LogP contribution in [0.5, 0.6) is 0 Å². The van der Waals surface area contributed by atoms with Gasteiger partial charge in [0.15, 0.2) is 11.2 Å². The van der Waals surface area contributed by atoms with E-state index < -0.39 is 23.8 Å². The van der Waals surface area contributed by atoms with Gasteiger partial charge in [0.2, 0.25) is 11.8 Å². The molecule has 2 N–H and O–H groups in total. The predicted molar refractivity (Wildman–Crippen MR) is 119 cm³/mol. The number of anilines is 1. The number of aliphatic imine (C=N–C) groups is 1. The van der Waals surface area contributed by atoms with Crippen molar-refractivity contribution in [3.05, 3.63) is 66.2 Å². The Bertz CT molecular complexity index is 1010. The molecule has 1 aliphatic rings. The van der Waals surface area contributed by atoms with Crippen LogP contribution in [0, 0.1) is 0 Å². The number of para-hydroxylation sites is 1. The fourth-order valence-electron chi connectivity index (χ4n) is 3.01. The van der Waals surface area contributed by atoms with Gasteiger partial charge in [-0.3, -0.25) is 24.1 Å². The maximum atomic E-state index is 13.0. The molecular formula is C22H22N4O4S. The lowest BCUT2D eigenvalue weighted by molar-refractivity contribution is -0.133. The first-order valence-corrected chi connectivity index (χ1v) is 10.6. The number of benzene rings is 2.